The third-order valence-corrected chi connectivity index (χ3v) is 2.96. The normalized spacial score (nSPS) is 12.1. The minimum Gasteiger partial charge on any atom is -0.382 e. The van der Waals surface area contributed by atoms with E-state index in [4.69, 9.17) is 11.5 Å². The van der Waals surface area contributed by atoms with Crippen LogP contribution in [0.25, 0.3) is 22.3 Å². The molecule has 118 valence electrons. The van der Waals surface area contributed by atoms with E-state index < -0.39 is 0 Å². The average Bonchev–Trinajstić information content (AvgIpc) is 3.15. The summed E-state index contributed by atoms with van der Waals surface area (Å²) in [5.74, 6) is 1.06. The second-order valence-corrected chi connectivity index (χ2v) is 4.97. The van der Waals surface area contributed by atoms with Crippen molar-refractivity contribution in [1.82, 2.24) is 39.9 Å². The van der Waals surface area contributed by atoms with Crippen LogP contribution in [-0.4, -0.2) is 45.9 Å². The third kappa shape index (κ3) is 3.37. The minimum atomic E-state index is 0.0193. The van der Waals surface area contributed by atoms with Gasteiger partial charge in [-0.05, 0) is 6.92 Å². The van der Waals surface area contributed by atoms with Gasteiger partial charge in [-0.25, -0.2) is 29.9 Å². The molecular weight excluding hydrogens is 296 g/mol. The molecule has 0 spiro atoms. The maximum Gasteiger partial charge on any atom is 0.183 e. The zero-order chi connectivity index (χ0) is 16.2. The molecule has 4 rings (SSSR count). The van der Waals surface area contributed by atoms with Gasteiger partial charge in [0.25, 0.3) is 0 Å². The molecule has 23 heavy (non-hydrogen) atoms. The molecule has 1 atom stereocenters. The molecular formula is C13H16N10. The first-order valence-electron chi connectivity index (χ1n) is 6.93. The summed E-state index contributed by atoms with van der Waals surface area (Å²) in [4.78, 5) is 29.7. The van der Waals surface area contributed by atoms with Gasteiger partial charge in [0.15, 0.2) is 17.1 Å². The molecule has 6 N–H and O–H groups in total. The molecule has 4 heterocycles. The summed E-state index contributed by atoms with van der Waals surface area (Å²) in [6, 6.07) is 0.0193. The molecule has 0 bridgehead atoms. The number of nitrogens with zero attached hydrogens (tertiary/aromatic N) is 6. The molecule has 1 unspecified atom stereocenters. The van der Waals surface area contributed by atoms with Crippen LogP contribution in [0.1, 0.15) is 12.7 Å². The van der Waals surface area contributed by atoms with Crippen LogP contribution in [0.5, 0.6) is 0 Å². The van der Waals surface area contributed by atoms with E-state index in [9.17, 15) is 0 Å². The van der Waals surface area contributed by atoms with Gasteiger partial charge in [0.05, 0.1) is 18.9 Å². The number of H-pyrrole nitrogens is 2. The topological polar surface area (TPSA) is 161 Å². The van der Waals surface area contributed by atoms with E-state index in [0.717, 1.165) is 5.52 Å². The van der Waals surface area contributed by atoms with Crippen molar-refractivity contribution < 1.29 is 0 Å². The summed E-state index contributed by atoms with van der Waals surface area (Å²) < 4.78 is 0. The number of nitrogens with one attached hydrogen (secondary N) is 2. The van der Waals surface area contributed by atoms with E-state index in [1.54, 1.807) is 18.9 Å². The highest BCUT2D eigenvalue weighted by Crippen LogP contribution is 2.13. The first-order valence-corrected chi connectivity index (χ1v) is 6.93. The maximum atomic E-state index is 5.71. The van der Waals surface area contributed by atoms with Crippen molar-refractivity contribution in [2.75, 3.05) is 5.73 Å². The summed E-state index contributed by atoms with van der Waals surface area (Å²) >= 11 is 0. The highest BCUT2D eigenvalue weighted by atomic mass is 15.0. The number of hydrogen-bond donors (Lipinski definition) is 4. The van der Waals surface area contributed by atoms with E-state index in [0.29, 0.717) is 34.9 Å². The van der Waals surface area contributed by atoms with Gasteiger partial charge >= 0.3 is 0 Å². The largest absolute Gasteiger partial charge is 0.382 e. The zero-order valence-corrected chi connectivity index (χ0v) is 12.4. The van der Waals surface area contributed by atoms with Crippen molar-refractivity contribution in [2.24, 2.45) is 5.73 Å². The molecule has 0 aliphatic carbocycles. The number of aromatic amines is 2. The van der Waals surface area contributed by atoms with Crippen LogP contribution >= 0.6 is 0 Å². The van der Waals surface area contributed by atoms with Crippen LogP contribution in [-0.2, 0) is 6.42 Å². The molecule has 0 fully saturated rings. The van der Waals surface area contributed by atoms with E-state index in [1.807, 2.05) is 6.92 Å². The summed E-state index contributed by atoms with van der Waals surface area (Å²) in [7, 11) is 0. The zero-order valence-electron chi connectivity index (χ0n) is 12.4. The van der Waals surface area contributed by atoms with Gasteiger partial charge in [-0.3, -0.25) is 0 Å². The molecule has 0 aliphatic rings. The number of imidazole rings is 2. The maximum absolute atomic E-state index is 5.71. The van der Waals surface area contributed by atoms with E-state index in [2.05, 4.69) is 39.9 Å². The van der Waals surface area contributed by atoms with Gasteiger partial charge < -0.3 is 21.4 Å². The quantitative estimate of drug-likeness (QED) is 0.407. The van der Waals surface area contributed by atoms with Crippen LogP contribution < -0.4 is 11.5 Å². The van der Waals surface area contributed by atoms with Crippen molar-refractivity contribution in [3.05, 3.63) is 31.0 Å². The predicted octanol–water partition coefficient (Wildman–Crippen LogP) is 0.178. The molecule has 10 heteroatoms. The summed E-state index contributed by atoms with van der Waals surface area (Å²) in [5, 5.41) is 0. The Morgan fingerprint density at radius 1 is 1.09 bits per heavy atom. The standard InChI is InChI=1S/C8H12N6.C5H4N4/c1-4(9)2-5-13-7(10)6-8(14-5)12-3-11-6;1-4-5(8-2-6-1)9-3-7-4/h3-4H,2,9H2,1H3,(H3,10,11,12,13,14);1-3H,(H,6,7,8,9). The van der Waals surface area contributed by atoms with Crippen LogP contribution in [0.3, 0.4) is 0 Å². The second kappa shape index (κ2) is 6.32. The average molecular weight is 312 g/mol. The van der Waals surface area contributed by atoms with Crippen molar-refractivity contribution >= 4 is 28.1 Å². The Labute approximate surface area is 130 Å². The summed E-state index contributed by atoms with van der Waals surface area (Å²) in [5.41, 5.74) is 14.2. The van der Waals surface area contributed by atoms with E-state index >= 15 is 0 Å². The summed E-state index contributed by atoms with van der Waals surface area (Å²) in [6.07, 6.45) is 6.91. The Balaban J connectivity index is 0.000000149. The van der Waals surface area contributed by atoms with Crippen molar-refractivity contribution in [1.29, 1.82) is 0 Å². The molecule has 0 saturated heterocycles. The molecule has 0 aromatic carbocycles. The van der Waals surface area contributed by atoms with Crippen molar-refractivity contribution in [3.8, 4) is 0 Å². The van der Waals surface area contributed by atoms with Gasteiger partial charge in [0, 0.05) is 12.5 Å². The lowest BCUT2D eigenvalue weighted by molar-refractivity contribution is 0.706. The Morgan fingerprint density at radius 3 is 2.65 bits per heavy atom. The van der Waals surface area contributed by atoms with Gasteiger partial charge in [-0.2, -0.15) is 0 Å². The Kier molecular flexibility index (Phi) is 4.06. The lowest BCUT2D eigenvalue weighted by Crippen LogP contribution is -2.19. The number of nitrogen functional groups attached to an aromatic ring is 1. The predicted molar refractivity (Wildman–Crippen MR) is 85.1 cm³/mol. The van der Waals surface area contributed by atoms with Crippen LogP contribution in [0, 0.1) is 0 Å². The number of anilines is 1. The lowest BCUT2D eigenvalue weighted by Gasteiger charge is -2.04. The van der Waals surface area contributed by atoms with E-state index in [-0.39, 0.29) is 6.04 Å². The fourth-order valence-electron chi connectivity index (χ4n) is 1.97. The fourth-order valence-corrected chi connectivity index (χ4v) is 1.97. The number of rotatable bonds is 2. The third-order valence-electron chi connectivity index (χ3n) is 2.96. The highest BCUT2D eigenvalue weighted by Gasteiger charge is 2.08. The van der Waals surface area contributed by atoms with Crippen molar-refractivity contribution in [3.63, 3.8) is 0 Å². The summed E-state index contributed by atoms with van der Waals surface area (Å²) in [6.45, 7) is 1.90. The fraction of sp³-hybridized carbons (Fsp3) is 0.231. The molecule has 0 amide bonds. The number of nitrogens with two attached hydrogens (primary N) is 2. The number of fused-ring (bicyclic) bond motifs is 2. The first kappa shape index (κ1) is 14.8. The molecule has 4 aromatic heterocycles. The van der Waals surface area contributed by atoms with Gasteiger partial charge in [-0.15, -0.1) is 0 Å². The highest BCUT2D eigenvalue weighted by molar-refractivity contribution is 5.80. The van der Waals surface area contributed by atoms with Gasteiger partial charge in [-0.1, -0.05) is 0 Å². The van der Waals surface area contributed by atoms with Crippen LogP contribution in [0.2, 0.25) is 0 Å². The van der Waals surface area contributed by atoms with Crippen LogP contribution in [0.15, 0.2) is 25.2 Å². The first-order chi connectivity index (χ1) is 11.1. The Hall–Kier alpha value is -3.14. The number of aromatic nitrogens is 8. The smallest absolute Gasteiger partial charge is 0.183 e. The second-order valence-electron chi connectivity index (χ2n) is 4.97. The van der Waals surface area contributed by atoms with E-state index in [1.165, 1.54) is 6.33 Å². The molecule has 0 saturated carbocycles. The lowest BCUT2D eigenvalue weighted by atomic mass is 10.2. The van der Waals surface area contributed by atoms with Gasteiger partial charge in [0.1, 0.15) is 23.2 Å². The monoisotopic (exact) mass is 312 g/mol. The van der Waals surface area contributed by atoms with Crippen molar-refractivity contribution in [2.45, 2.75) is 19.4 Å². The number of hydrogen-bond acceptors (Lipinski definition) is 8. The Bertz CT molecular complexity index is 879. The molecule has 10 nitrogen and oxygen atoms in total. The molecule has 0 aliphatic heterocycles. The SMILES string of the molecule is CC(N)Cc1nc(N)c2[nH]cnc2n1.c1ncc2[nH]cnc2n1. The van der Waals surface area contributed by atoms with Gasteiger partial charge in [0.2, 0.25) is 0 Å². The molecule has 0 radical (unpaired) electrons. The molecule has 4 aromatic rings. The van der Waals surface area contributed by atoms with Crippen LogP contribution in [0.4, 0.5) is 5.82 Å². The Morgan fingerprint density at radius 2 is 1.87 bits per heavy atom. The minimum absolute atomic E-state index is 0.0193.